The van der Waals surface area contributed by atoms with Crippen LogP contribution in [0.3, 0.4) is 0 Å². The minimum absolute atomic E-state index is 0.0132. The first-order valence-corrected chi connectivity index (χ1v) is 11.8. The van der Waals surface area contributed by atoms with Crippen molar-refractivity contribution >= 4 is 39.1 Å². The molecule has 0 unspecified atom stereocenters. The number of hydrogen-bond donors (Lipinski definition) is 1. The van der Waals surface area contributed by atoms with Crippen molar-refractivity contribution in [2.45, 2.75) is 20.1 Å². The number of aryl methyl sites for hydroxylation is 1. The van der Waals surface area contributed by atoms with Gasteiger partial charge in [0.15, 0.2) is 5.69 Å². The summed E-state index contributed by atoms with van der Waals surface area (Å²) in [7, 11) is 0. The Labute approximate surface area is 205 Å². The lowest BCUT2D eigenvalue weighted by Gasteiger charge is -2.10. The number of carboxylic acid groups (broad SMARTS) is 1. The molecular weight excluding hydrogens is 470 g/mol. The number of aromatic carboxylic acids is 1. The molecule has 0 aliphatic rings. The number of fused-ring (bicyclic) bond motifs is 1. The van der Waals surface area contributed by atoms with E-state index in [4.69, 9.17) is 21.3 Å². The number of hydrogen-bond acceptors (Lipinski definition) is 5. The molecule has 5 aromatic rings. The Hall–Kier alpha value is -3.68. The maximum absolute atomic E-state index is 11.3. The van der Waals surface area contributed by atoms with Gasteiger partial charge < -0.3 is 9.84 Å². The van der Waals surface area contributed by atoms with Gasteiger partial charge in [0.2, 0.25) is 0 Å². The highest BCUT2D eigenvalue weighted by Gasteiger charge is 2.17. The van der Waals surface area contributed by atoms with E-state index in [1.54, 1.807) is 22.1 Å². The molecule has 0 saturated heterocycles. The third kappa shape index (κ3) is 4.53. The number of ether oxygens (including phenoxy) is 1. The van der Waals surface area contributed by atoms with Crippen LogP contribution in [-0.4, -0.2) is 25.8 Å². The lowest BCUT2D eigenvalue weighted by atomic mass is 10.2. The minimum Gasteiger partial charge on any atom is -0.488 e. The van der Waals surface area contributed by atoms with E-state index in [2.05, 4.69) is 5.10 Å². The molecule has 2 aromatic heterocycles. The van der Waals surface area contributed by atoms with Crippen molar-refractivity contribution in [3.63, 3.8) is 0 Å². The summed E-state index contributed by atoms with van der Waals surface area (Å²) in [4.78, 5) is 16.2. The quantitative estimate of drug-likeness (QED) is 0.284. The van der Waals surface area contributed by atoms with Crippen LogP contribution >= 0.6 is 22.9 Å². The van der Waals surface area contributed by atoms with Gasteiger partial charge in [-0.2, -0.15) is 5.10 Å². The van der Waals surface area contributed by atoms with Crippen molar-refractivity contribution < 1.29 is 14.6 Å². The molecule has 2 heterocycles. The SMILES string of the molecule is Cc1cc(C(=O)O)nn1Cc1cc(Cl)cc2sc(-c3ccccc3OCc3ccccc3)nc12. The second-order valence-corrected chi connectivity index (χ2v) is 9.30. The van der Waals surface area contributed by atoms with Crippen molar-refractivity contribution in [1.82, 2.24) is 14.8 Å². The maximum atomic E-state index is 11.3. The van der Waals surface area contributed by atoms with E-state index >= 15 is 0 Å². The Morgan fingerprint density at radius 2 is 1.85 bits per heavy atom. The second kappa shape index (κ2) is 9.29. The average molecular weight is 490 g/mol. The summed E-state index contributed by atoms with van der Waals surface area (Å²) in [5, 5.41) is 14.9. The first kappa shape index (κ1) is 22.1. The van der Waals surface area contributed by atoms with Gasteiger partial charge in [-0.25, -0.2) is 9.78 Å². The summed E-state index contributed by atoms with van der Waals surface area (Å²) in [5.74, 6) is -0.298. The van der Waals surface area contributed by atoms with Crippen molar-refractivity contribution in [1.29, 1.82) is 0 Å². The first-order chi connectivity index (χ1) is 16.5. The zero-order valence-electron chi connectivity index (χ0n) is 18.2. The minimum atomic E-state index is -1.05. The molecule has 6 nitrogen and oxygen atoms in total. The van der Waals surface area contributed by atoms with Crippen molar-refractivity contribution in [3.05, 3.63) is 100 Å². The third-order valence-corrected chi connectivity index (χ3v) is 6.67. The lowest BCUT2D eigenvalue weighted by molar-refractivity contribution is 0.0689. The van der Waals surface area contributed by atoms with E-state index in [1.165, 1.54) is 0 Å². The van der Waals surface area contributed by atoms with Crippen LogP contribution in [0.4, 0.5) is 0 Å². The molecular formula is C26H20ClN3O3S. The lowest BCUT2D eigenvalue weighted by Crippen LogP contribution is -2.06. The largest absolute Gasteiger partial charge is 0.488 e. The fourth-order valence-corrected chi connectivity index (χ4v) is 5.13. The van der Waals surface area contributed by atoms with Crippen molar-refractivity contribution in [2.24, 2.45) is 0 Å². The molecule has 0 aliphatic carbocycles. The number of carboxylic acids is 1. The standard InChI is InChI=1S/C26H20ClN3O3S/c1-16-11-21(26(31)32)29-30(16)14-18-12-19(27)13-23-24(18)28-25(34-23)20-9-5-6-10-22(20)33-15-17-7-3-2-4-8-17/h2-13H,14-15H2,1H3,(H,31,32). The predicted octanol–water partition coefficient (Wildman–Crippen LogP) is 6.45. The van der Waals surface area contributed by atoms with E-state index in [9.17, 15) is 9.90 Å². The molecule has 0 fully saturated rings. The zero-order chi connectivity index (χ0) is 23.7. The van der Waals surface area contributed by atoms with Crippen LogP contribution in [0.1, 0.15) is 27.3 Å². The van der Waals surface area contributed by atoms with Crippen molar-refractivity contribution in [3.8, 4) is 16.3 Å². The summed E-state index contributed by atoms with van der Waals surface area (Å²) >= 11 is 7.96. The average Bonchev–Trinajstić information content (AvgIpc) is 3.42. The molecule has 34 heavy (non-hydrogen) atoms. The Kier molecular flexibility index (Phi) is 6.04. The summed E-state index contributed by atoms with van der Waals surface area (Å²) in [6.07, 6.45) is 0. The van der Waals surface area contributed by atoms with Crippen LogP contribution in [0.5, 0.6) is 5.75 Å². The zero-order valence-corrected chi connectivity index (χ0v) is 19.8. The third-order valence-electron chi connectivity index (χ3n) is 5.41. The van der Waals surface area contributed by atoms with E-state index in [-0.39, 0.29) is 5.69 Å². The van der Waals surface area contributed by atoms with E-state index in [0.29, 0.717) is 18.2 Å². The van der Waals surface area contributed by atoms with Gasteiger partial charge in [0.1, 0.15) is 17.4 Å². The van der Waals surface area contributed by atoms with Crippen LogP contribution in [0, 0.1) is 6.92 Å². The smallest absolute Gasteiger partial charge is 0.356 e. The first-order valence-electron chi connectivity index (χ1n) is 10.6. The van der Waals surface area contributed by atoms with Gasteiger partial charge >= 0.3 is 5.97 Å². The monoisotopic (exact) mass is 489 g/mol. The van der Waals surface area contributed by atoms with E-state index in [1.807, 2.05) is 73.7 Å². The van der Waals surface area contributed by atoms with Gasteiger partial charge in [-0.05, 0) is 42.8 Å². The molecule has 0 bridgehead atoms. The summed E-state index contributed by atoms with van der Waals surface area (Å²) in [6.45, 7) is 2.66. The molecule has 3 aromatic carbocycles. The Balaban J connectivity index is 1.50. The summed E-state index contributed by atoms with van der Waals surface area (Å²) < 4.78 is 8.74. The van der Waals surface area contributed by atoms with Gasteiger partial charge in [-0.3, -0.25) is 4.68 Å². The molecule has 0 amide bonds. The molecule has 1 N–H and O–H groups in total. The maximum Gasteiger partial charge on any atom is 0.356 e. The highest BCUT2D eigenvalue weighted by Crippen LogP contribution is 2.38. The molecule has 170 valence electrons. The van der Waals surface area contributed by atoms with Crippen LogP contribution < -0.4 is 4.74 Å². The van der Waals surface area contributed by atoms with Crippen LogP contribution in [-0.2, 0) is 13.2 Å². The van der Waals surface area contributed by atoms with Gasteiger partial charge in [-0.1, -0.05) is 54.1 Å². The highest BCUT2D eigenvalue weighted by molar-refractivity contribution is 7.21. The predicted molar refractivity (Wildman–Crippen MR) is 134 cm³/mol. The molecule has 0 spiro atoms. The summed E-state index contributed by atoms with van der Waals surface area (Å²) in [6, 6.07) is 23.2. The number of aromatic nitrogens is 3. The van der Waals surface area contributed by atoms with Crippen LogP contribution in [0.25, 0.3) is 20.8 Å². The number of carbonyl (C=O) groups is 1. The highest BCUT2D eigenvalue weighted by atomic mass is 35.5. The number of thiazole rings is 1. The van der Waals surface area contributed by atoms with Gasteiger partial charge in [0.25, 0.3) is 0 Å². The second-order valence-electron chi connectivity index (χ2n) is 7.83. The fourth-order valence-electron chi connectivity index (χ4n) is 3.74. The van der Waals surface area contributed by atoms with Gasteiger partial charge in [0.05, 0.1) is 22.3 Å². The van der Waals surface area contributed by atoms with Crippen molar-refractivity contribution in [2.75, 3.05) is 0 Å². The number of para-hydroxylation sites is 1. The Morgan fingerprint density at radius 1 is 1.09 bits per heavy atom. The van der Waals surface area contributed by atoms with E-state index < -0.39 is 5.97 Å². The van der Waals surface area contributed by atoms with Gasteiger partial charge in [0, 0.05) is 16.3 Å². The van der Waals surface area contributed by atoms with Crippen LogP contribution in [0.2, 0.25) is 5.02 Å². The molecule has 8 heteroatoms. The molecule has 0 radical (unpaired) electrons. The molecule has 0 saturated carbocycles. The number of halogens is 1. The van der Waals surface area contributed by atoms with Gasteiger partial charge in [-0.15, -0.1) is 11.3 Å². The fraction of sp³-hybridized carbons (Fsp3) is 0.115. The normalized spacial score (nSPS) is 11.1. The molecule has 5 rings (SSSR count). The molecule has 0 aliphatic heterocycles. The Bertz CT molecular complexity index is 1490. The topological polar surface area (TPSA) is 77.2 Å². The number of nitrogens with zero attached hydrogens (tertiary/aromatic N) is 3. The Morgan fingerprint density at radius 3 is 2.62 bits per heavy atom. The van der Waals surface area contributed by atoms with Crippen LogP contribution in [0.15, 0.2) is 72.8 Å². The summed E-state index contributed by atoms with van der Waals surface area (Å²) in [5.41, 5.74) is 4.45. The van der Waals surface area contributed by atoms with E-state index in [0.717, 1.165) is 43.4 Å². The molecule has 0 atom stereocenters. The number of benzene rings is 3. The number of rotatable bonds is 7.